The molecule has 0 nitrogen and oxygen atoms in total. The van der Waals surface area contributed by atoms with Gasteiger partial charge in [0.25, 0.3) is 0 Å². The molecule has 0 aliphatic rings. The lowest BCUT2D eigenvalue weighted by molar-refractivity contribution is 0.620. The minimum atomic E-state index is -0.199. The summed E-state index contributed by atoms with van der Waals surface area (Å²) in [6.07, 6.45) is 0. The van der Waals surface area contributed by atoms with Gasteiger partial charge in [0.2, 0.25) is 0 Å². The second-order valence-electron chi connectivity index (χ2n) is 5.27. The Morgan fingerprint density at radius 1 is 0.696 bits per heavy atom. The number of hydrogen-bond acceptors (Lipinski definition) is 0. The molecule has 3 rings (SSSR count). The number of rotatable bonds is 1. The Morgan fingerprint density at radius 3 is 1.78 bits per heavy atom. The third-order valence-electron chi connectivity index (χ3n) is 3.28. The molecule has 3 aromatic rings. The number of hydrogen-bond donors (Lipinski definition) is 0. The molecule has 0 aromatic heterocycles. The van der Waals surface area contributed by atoms with Crippen molar-refractivity contribution in [3.05, 3.63) is 94.0 Å². The molecule has 0 fully saturated rings. The smallest absolute Gasteiger partial charge is 0.137 e. The standard InChI is InChI=1S/C13H11F.C7H6BrF/c1-10-7-8-12(13(14)9-10)11-5-3-2-4-6-11;1-5-2-3-6(8)7(9)4-5/h2-9H,1H3;2-4H,1H3. The molecule has 0 aliphatic heterocycles. The van der Waals surface area contributed by atoms with Crippen molar-refractivity contribution >= 4 is 15.9 Å². The Labute approximate surface area is 143 Å². The maximum atomic E-state index is 13.5. The first-order valence-corrected chi connectivity index (χ1v) is 8.00. The van der Waals surface area contributed by atoms with Gasteiger partial charge in [-0.15, -0.1) is 0 Å². The zero-order valence-corrected chi connectivity index (χ0v) is 14.6. The van der Waals surface area contributed by atoms with Crippen LogP contribution >= 0.6 is 15.9 Å². The second kappa shape index (κ2) is 8.02. The fourth-order valence-corrected chi connectivity index (χ4v) is 2.32. The van der Waals surface area contributed by atoms with Crippen molar-refractivity contribution in [2.45, 2.75) is 13.8 Å². The molecular weight excluding hydrogens is 358 g/mol. The Bertz CT molecular complexity index is 783. The first kappa shape index (κ1) is 17.4. The highest BCUT2D eigenvalue weighted by atomic mass is 79.9. The summed E-state index contributed by atoms with van der Waals surface area (Å²) in [5, 5.41) is 0. The minimum absolute atomic E-state index is 0.156. The molecule has 0 radical (unpaired) electrons. The van der Waals surface area contributed by atoms with E-state index in [-0.39, 0.29) is 11.6 Å². The molecule has 0 bridgehead atoms. The summed E-state index contributed by atoms with van der Waals surface area (Å²) >= 11 is 3.05. The summed E-state index contributed by atoms with van der Waals surface area (Å²) in [5.74, 6) is -0.355. The number of halogens is 3. The van der Waals surface area contributed by atoms with Crippen LogP contribution in [0.25, 0.3) is 11.1 Å². The van der Waals surface area contributed by atoms with Crippen LogP contribution in [0.3, 0.4) is 0 Å². The van der Waals surface area contributed by atoms with Crippen LogP contribution in [0.5, 0.6) is 0 Å². The SMILES string of the molecule is Cc1ccc(-c2ccccc2)c(F)c1.Cc1ccc(Br)c(F)c1. The highest BCUT2D eigenvalue weighted by molar-refractivity contribution is 9.10. The Morgan fingerprint density at radius 2 is 1.26 bits per heavy atom. The van der Waals surface area contributed by atoms with Gasteiger partial charge >= 0.3 is 0 Å². The average Bonchev–Trinajstić information content (AvgIpc) is 2.53. The zero-order valence-electron chi connectivity index (χ0n) is 13.0. The molecule has 0 saturated carbocycles. The molecule has 0 atom stereocenters. The normalized spacial score (nSPS) is 9.96. The van der Waals surface area contributed by atoms with Gasteiger partial charge < -0.3 is 0 Å². The van der Waals surface area contributed by atoms with E-state index in [9.17, 15) is 8.78 Å². The maximum Gasteiger partial charge on any atom is 0.137 e. The molecule has 3 heteroatoms. The Hall–Kier alpha value is -2.00. The summed E-state index contributed by atoms with van der Waals surface area (Å²) in [7, 11) is 0. The topological polar surface area (TPSA) is 0 Å². The molecule has 0 saturated heterocycles. The monoisotopic (exact) mass is 374 g/mol. The van der Waals surface area contributed by atoms with E-state index in [1.54, 1.807) is 12.1 Å². The Kier molecular flexibility index (Phi) is 6.05. The first-order chi connectivity index (χ1) is 11.0. The van der Waals surface area contributed by atoms with Gasteiger partial charge in [0.05, 0.1) is 4.47 Å². The molecule has 0 amide bonds. The molecule has 0 spiro atoms. The third kappa shape index (κ3) is 5.00. The van der Waals surface area contributed by atoms with Gasteiger partial charge in [-0.25, -0.2) is 8.78 Å². The average molecular weight is 375 g/mol. The number of aryl methyl sites for hydroxylation is 2. The quantitative estimate of drug-likeness (QED) is 0.444. The van der Waals surface area contributed by atoms with Gasteiger partial charge in [-0.1, -0.05) is 48.5 Å². The van der Waals surface area contributed by atoms with Crippen LogP contribution in [-0.4, -0.2) is 0 Å². The summed E-state index contributed by atoms with van der Waals surface area (Å²) in [6.45, 7) is 3.74. The molecule has 0 unspecified atom stereocenters. The fourth-order valence-electron chi connectivity index (χ4n) is 2.07. The Balaban J connectivity index is 0.000000185. The third-order valence-corrected chi connectivity index (χ3v) is 3.93. The molecule has 0 heterocycles. The van der Waals surface area contributed by atoms with Gasteiger partial charge in [-0.2, -0.15) is 0 Å². The van der Waals surface area contributed by atoms with Crippen molar-refractivity contribution in [3.8, 4) is 11.1 Å². The van der Waals surface area contributed by atoms with E-state index in [1.165, 1.54) is 6.07 Å². The molecule has 0 N–H and O–H groups in total. The van der Waals surface area contributed by atoms with Crippen LogP contribution in [0.1, 0.15) is 11.1 Å². The lowest BCUT2D eigenvalue weighted by Gasteiger charge is -2.03. The predicted molar refractivity (Wildman–Crippen MR) is 95.4 cm³/mol. The van der Waals surface area contributed by atoms with Crippen molar-refractivity contribution in [1.82, 2.24) is 0 Å². The molecule has 3 aromatic carbocycles. The van der Waals surface area contributed by atoms with Crippen LogP contribution in [0.4, 0.5) is 8.78 Å². The molecule has 0 aliphatic carbocycles. The molecular formula is C20H17BrF2. The van der Waals surface area contributed by atoms with E-state index in [1.807, 2.05) is 62.4 Å². The maximum absolute atomic E-state index is 13.5. The molecule has 118 valence electrons. The fraction of sp³-hybridized carbons (Fsp3) is 0.100. The van der Waals surface area contributed by atoms with Crippen molar-refractivity contribution in [2.75, 3.05) is 0 Å². The van der Waals surface area contributed by atoms with E-state index in [0.717, 1.165) is 16.7 Å². The summed E-state index contributed by atoms with van der Waals surface area (Å²) in [4.78, 5) is 0. The van der Waals surface area contributed by atoms with Crippen LogP contribution < -0.4 is 0 Å². The first-order valence-electron chi connectivity index (χ1n) is 7.20. The van der Waals surface area contributed by atoms with Crippen LogP contribution in [-0.2, 0) is 0 Å². The van der Waals surface area contributed by atoms with Gasteiger partial charge in [0.15, 0.2) is 0 Å². The van der Waals surface area contributed by atoms with Crippen LogP contribution in [0.15, 0.2) is 71.2 Å². The second-order valence-corrected chi connectivity index (χ2v) is 6.12. The largest absolute Gasteiger partial charge is 0.206 e. The number of benzene rings is 3. The van der Waals surface area contributed by atoms with E-state index in [4.69, 9.17) is 0 Å². The molecule has 23 heavy (non-hydrogen) atoms. The highest BCUT2D eigenvalue weighted by Gasteiger charge is 2.03. The summed E-state index contributed by atoms with van der Waals surface area (Å²) in [6, 6.07) is 19.9. The van der Waals surface area contributed by atoms with E-state index in [0.29, 0.717) is 10.0 Å². The van der Waals surface area contributed by atoms with Crippen molar-refractivity contribution in [2.24, 2.45) is 0 Å². The van der Waals surface area contributed by atoms with Crippen molar-refractivity contribution < 1.29 is 8.78 Å². The van der Waals surface area contributed by atoms with E-state index < -0.39 is 0 Å². The summed E-state index contributed by atoms with van der Waals surface area (Å²) in [5.41, 5.74) is 3.47. The lowest BCUT2D eigenvalue weighted by Crippen LogP contribution is -1.84. The van der Waals surface area contributed by atoms with Gasteiger partial charge in [-0.3, -0.25) is 0 Å². The van der Waals surface area contributed by atoms with Gasteiger partial charge in [-0.05, 0) is 64.7 Å². The zero-order chi connectivity index (χ0) is 16.8. The lowest BCUT2D eigenvalue weighted by atomic mass is 10.0. The van der Waals surface area contributed by atoms with E-state index >= 15 is 0 Å². The van der Waals surface area contributed by atoms with Crippen molar-refractivity contribution in [1.29, 1.82) is 0 Å². The van der Waals surface area contributed by atoms with Crippen LogP contribution in [0, 0.1) is 25.5 Å². The van der Waals surface area contributed by atoms with E-state index in [2.05, 4.69) is 15.9 Å². The summed E-state index contributed by atoms with van der Waals surface area (Å²) < 4.78 is 26.6. The highest BCUT2D eigenvalue weighted by Crippen LogP contribution is 2.22. The predicted octanol–water partition coefficient (Wildman–Crippen LogP) is 6.70. The van der Waals surface area contributed by atoms with Crippen molar-refractivity contribution in [3.63, 3.8) is 0 Å². The van der Waals surface area contributed by atoms with Gasteiger partial charge in [0, 0.05) is 5.56 Å². The van der Waals surface area contributed by atoms with Gasteiger partial charge in [0.1, 0.15) is 11.6 Å². The van der Waals surface area contributed by atoms with Crippen LogP contribution in [0.2, 0.25) is 0 Å². The minimum Gasteiger partial charge on any atom is -0.206 e.